The fourth-order valence-corrected chi connectivity index (χ4v) is 1.54. The topological polar surface area (TPSA) is 32.3 Å². The van der Waals surface area contributed by atoms with Crippen LogP contribution in [-0.2, 0) is 0 Å². The number of rotatable bonds is 4. The molecule has 1 atom stereocenters. The highest BCUT2D eigenvalue weighted by Crippen LogP contribution is 2.14. The molecule has 1 aliphatic rings. The zero-order chi connectivity index (χ0) is 8.10. The van der Waals surface area contributed by atoms with E-state index in [-0.39, 0.29) is 6.61 Å². The SMILES string of the molecule is C=C(CCO)CC1CCCN1. The molecule has 1 rings (SSSR count). The Hall–Kier alpha value is -0.340. The van der Waals surface area contributed by atoms with Crippen molar-refractivity contribution < 1.29 is 5.11 Å². The first-order chi connectivity index (χ1) is 5.33. The lowest BCUT2D eigenvalue weighted by Crippen LogP contribution is -2.21. The van der Waals surface area contributed by atoms with Crippen molar-refractivity contribution >= 4 is 0 Å². The zero-order valence-electron chi connectivity index (χ0n) is 6.97. The van der Waals surface area contributed by atoms with Gasteiger partial charge in [0.1, 0.15) is 0 Å². The van der Waals surface area contributed by atoms with Crippen LogP contribution < -0.4 is 5.32 Å². The van der Waals surface area contributed by atoms with Gasteiger partial charge in [0.05, 0.1) is 0 Å². The summed E-state index contributed by atoms with van der Waals surface area (Å²) in [5.41, 5.74) is 1.17. The summed E-state index contributed by atoms with van der Waals surface area (Å²) in [5.74, 6) is 0. The van der Waals surface area contributed by atoms with Gasteiger partial charge in [-0.25, -0.2) is 0 Å². The van der Waals surface area contributed by atoms with Gasteiger partial charge >= 0.3 is 0 Å². The van der Waals surface area contributed by atoms with Gasteiger partial charge in [0.15, 0.2) is 0 Å². The molecule has 0 aromatic heterocycles. The molecule has 2 N–H and O–H groups in total. The third kappa shape index (κ3) is 3.04. The van der Waals surface area contributed by atoms with Gasteiger partial charge in [0.2, 0.25) is 0 Å². The molecule has 1 aliphatic heterocycles. The van der Waals surface area contributed by atoms with Crippen LogP contribution >= 0.6 is 0 Å². The Bertz CT molecular complexity index is 128. The molecule has 1 unspecified atom stereocenters. The molecule has 0 saturated carbocycles. The van der Waals surface area contributed by atoms with Crippen molar-refractivity contribution in [2.45, 2.75) is 31.7 Å². The summed E-state index contributed by atoms with van der Waals surface area (Å²) in [6, 6.07) is 0.633. The van der Waals surface area contributed by atoms with E-state index in [1.54, 1.807) is 0 Å². The molecular weight excluding hydrogens is 138 g/mol. The lowest BCUT2D eigenvalue weighted by molar-refractivity contribution is 0.297. The Balaban J connectivity index is 2.13. The van der Waals surface area contributed by atoms with Crippen LogP contribution in [-0.4, -0.2) is 24.3 Å². The molecule has 2 nitrogen and oxygen atoms in total. The van der Waals surface area contributed by atoms with Crippen LogP contribution in [0.15, 0.2) is 12.2 Å². The van der Waals surface area contributed by atoms with Gasteiger partial charge in [-0.15, -0.1) is 0 Å². The summed E-state index contributed by atoms with van der Waals surface area (Å²) >= 11 is 0. The number of hydrogen-bond donors (Lipinski definition) is 2. The maximum atomic E-state index is 8.63. The molecule has 0 radical (unpaired) electrons. The second-order valence-corrected chi connectivity index (χ2v) is 3.22. The standard InChI is InChI=1S/C9H17NO/c1-8(4-6-11)7-9-3-2-5-10-9/h9-11H,1-7H2. The van der Waals surface area contributed by atoms with Crippen molar-refractivity contribution in [1.29, 1.82) is 0 Å². The predicted molar refractivity (Wildman–Crippen MR) is 46.5 cm³/mol. The maximum Gasteiger partial charge on any atom is 0.0468 e. The number of nitrogens with one attached hydrogen (secondary N) is 1. The van der Waals surface area contributed by atoms with E-state index >= 15 is 0 Å². The van der Waals surface area contributed by atoms with E-state index in [9.17, 15) is 0 Å². The molecule has 0 aromatic carbocycles. The summed E-state index contributed by atoms with van der Waals surface area (Å²) in [5, 5.41) is 12.0. The highest BCUT2D eigenvalue weighted by atomic mass is 16.2. The van der Waals surface area contributed by atoms with Gasteiger partial charge < -0.3 is 10.4 Å². The second kappa shape index (κ2) is 4.52. The number of aliphatic hydroxyl groups excluding tert-OH is 1. The normalized spacial score (nSPS) is 23.9. The Labute approximate surface area is 68.3 Å². The predicted octanol–water partition coefficient (Wildman–Crippen LogP) is 1.07. The molecular formula is C9H17NO. The summed E-state index contributed by atoms with van der Waals surface area (Å²) in [6.07, 6.45) is 4.36. The number of aliphatic hydroxyl groups is 1. The quantitative estimate of drug-likeness (QED) is 0.595. The Morgan fingerprint density at radius 1 is 1.64 bits per heavy atom. The Kier molecular flexibility index (Phi) is 3.60. The molecule has 0 aromatic rings. The fraction of sp³-hybridized carbons (Fsp3) is 0.778. The average molecular weight is 155 g/mol. The molecule has 1 heterocycles. The minimum Gasteiger partial charge on any atom is -0.396 e. The largest absolute Gasteiger partial charge is 0.396 e. The number of hydrogen-bond acceptors (Lipinski definition) is 2. The van der Waals surface area contributed by atoms with E-state index in [4.69, 9.17) is 5.11 Å². The lowest BCUT2D eigenvalue weighted by Gasteiger charge is -2.10. The average Bonchev–Trinajstić information content (AvgIpc) is 2.40. The molecule has 0 aliphatic carbocycles. The monoisotopic (exact) mass is 155 g/mol. The molecule has 2 heteroatoms. The van der Waals surface area contributed by atoms with Gasteiger partial charge in [0, 0.05) is 12.6 Å². The summed E-state index contributed by atoms with van der Waals surface area (Å²) in [7, 11) is 0. The van der Waals surface area contributed by atoms with Crippen molar-refractivity contribution in [3.63, 3.8) is 0 Å². The van der Waals surface area contributed by atoms with Crippen LogP contribution in [0.3, 0.4) is 0 Å². The molecule has 0 bridgehead atoms. The lowest BCUT2D eigenvalue weighted by atomic mass is 10.0. The van der Waals surface area contributed by atoms with Crippen molar-refractivity contribution in [3.05, 3.63) is 12.2 Å². The molecule has 0 amide bonds. The summed E-state index contributed by atoms with van der Waals surface area (Å²) in [6.45, 7) is 5.30. The van der Waals surface area contributed by atoms with E-state index in [2.05, 4.69) is 11.9 Å². The van der Waals surface area contributed by atoms with E-state index < -0.39 is 0 Å². The van der Waals surface area contributed by atoms with Crippen molar-refractivity contribution in [2.24, 2.45) is 0 Å². The third-order valence-electron chi connectivity index (χ3n) is 2.16. The highest BCUT2D eigenvalue weighted by Gasteiger charge is 2.13. The van der Waals surface area contributed by atoms with Crippen LogP contribution in [0.25, 0.3) is 0 Å². The van der Waals surface area contributed by atoms with Crippen LogP contribution in [0, 0.1) is 0 Å². The minimum absolute atomic E-state index is 0.242. The van der Waals surface area contributed by atoms with Crippen molar-refractivity contribution in [3.8, 4) is 0 Å². The second-order valence-electron chi connectivity index (χ2n) is 3.22. The Morgan fingerprint density at radius 3 is 3.00 bits per heavy atom. The molecule has 11 heavy (non-hydrogen) atoms. The smallest absolute Gasteiger partial charge is 0.0468 e. The van der Waals surface area contributed by atoms with Crippen LogP contribution in [0.2, 0.25) is 0 Å². The molecule has 1 fully saturated rings. The minimum atomic E-state index is 0.242. The zero-order valence-corrected chi connectivity index (χ0v) is 6.97. The first-order valence-electron chi connectivity index (χ1n) is 4.34. The highest BCUT2D eigenvalue weighted by molar-refractivity contribution is 4.98. The van der Waals surface area contributed by atoms with Gasteiger partial charge in [0.25, 0.3) is 0 Å². The van der Waals surface area contributed by atoms with Crippen molar-refractivity contribution in [1.82, 2.24) is 5.32 Å². The van der Waals surface area contributed by atoms with Crippen LogP contribution in [0.5, 0.6) is 0 Å². The van der Waals surface area contributed by atoms with Crippen molar-refractivity contribution in [2.75, 3.05) is 13.2 Å². The third-order valence-corrected chi connectivity index (χ3v) is 2.16. The van der Waals surface area contributed by atoms with Crippen LogP contribution in [0.1, 0.15) is 25.7 Å². The Morgan fingerprint density at radius 2 is 2.45 bits per heavy atom. The van der Waals surface area contributed by atoms with Gasteiger partial charge in [-0.1, -0.05) is 12.2 Å². The van der Waals surface area contributed by atoms with Gasteiger partial charge in [-0.3, -0.25) is 0 Å². The van der Waals surface area contributed by atoms with E-state index in [1.807, 2.05) is 0 Å². The first kappa shape index (κ1) is 8.75. The van der Waals surface area contributed by atoms with E-state index in [1.165, 1.54) is 18.4 Å². The molecule has 0 spiro atoms. The summed E-state index contributed by atoms with van der Waals surface area (Å²) in [4.78, 5) is 0. The first-order valence-corrected chi connectivity index (χ1v) is 4.34. The van der Waals surface area contributed by atoms with Gasteiger partial charge in [-0.05, 0) is 32.2 Å². The van der Waals surface area contributed by atoms with E-state index in [0.717, 1.165) is 19.4 Å². The molecule has 64 valence electrons. The molecule has 1 saturated heterocycles. The van der Waals surface area contributed by atoms with Crippen LogP contribution in [0.4, 0.5) is 0 Å². The maximum absolute atomic E-state index is 8.63. The van der Waals surface area contributed by atoms with E-state index in [0.29, 0.717) is 6.04 Å². The fourth-order valence-electron chi connectivity index (χ4n) is 1.54. The van der Waals surface area contributed by atoms with Gasteiger partial charge in [-0.2, -0.15) is 0 Å². The summed E-state index contributed by atoms with van der Waals surface area (Å²) < 4.78 is 0.